The van der Waals surface area contributed by atoms with Crippen molar-refractivity contribution in [3.05, 3.63) is 35.9 Å². The van der Waals surface area contributed by atoms with Crippen molar-refractivity contribution in [3.8, 4) is 0 Å². The van der Waals surface area contributed by atoms with Gasteiger partial charge >= 0.3 is 6.09 Å². The van der Waals surface area contributed by atoms with Gasteiger partial charge in [-0.1, -0.05) is 30.3 Å². The van der Waals surface area contributed by atoms with Gasteiger partial charge in [0.2, 0.25) is 0 Å². The van der Waals surface area contributed by atoms with Gasteiger partial charge in [-0.05, 0) is 53.0 Å². The molecular formula is C23H40IN5O2. The van der Waals surface area contributed by atoms with Gasteiger partial charge in [0, 0.05) is 38.8 Å². The van der Waals surface area contributed by atoms with Crippen molar-refractivity contribution in [2.75, 3.05) is 26.7 Å². The van der Waals surface area contributed by atoms with E-state index in [1.54, 1.807) is 7.05 Å². The molecule has 2 rings (SSSR count). The first-order valence-electron chi connectivity index (χ1n) is 10.9. The Morgan fingerprint density at radius 3 is 2.32 bits per heavy atom. The number of hydrogen-bond acceptors (Lipinski definition) is 4. The summed E-state index contributed by atoms with van der Waals surface area (Å²) < 4.78 is 5.45. The topological polar surface area (TPSA) is 78.0 Å². The predicted octanol–water partition coefficient (Wildman–Crippen LogP) is 3.91. The fraction of sp³-hybridized carbons (Fsp3) is 0.652. The number of amides is 1. The molecule has 0 spiro atoms. The molecule has 1 aromatic carbocycles. The molecular weight excluding hydrogens is 505 g/mol. The lowest BCUT2D eigenvalue weighted by Crippen LogP contribution is -2.51. The smallest absolute Gasteiger partial charge is 0.408 e. The number of hydrogen-bond donors (Lipinski definition) is 3. The zero-order chi connectivity index (χ0) is 22.1. The number of rotatable bonds is 6. The summed E-state index contributed by atoms with van der Waals surface area (Å²) in [5, 5.41) is 9.88. The Labute approximate surface area is 204 Å². The molecule has 1 amide bonds. The highest BCUT2D eigenvalue weighted by Crippen LogP contribution is 2.15. The number of piperidine rings is 1. The lowest BCUT2D eigenvalue weighted by Gasteiger charge is -2.35. The number of carbonyl (C=O) groups excluding carboxylic acids is 1. The molecule has 1 aliphatic heterocycles. The third-order valence-corrected chi connectivity index (χ3v) is 5.19. The van der Waals surface area contributed by atoms with Crippen LogP contribution in [0.2, 0.25) is 0 Å². The van der Waals surface area contributed by atoms with Crippen LogP contribution in [0.5, 0.6) is 0 Å². The van der Waals surface area contributed by atoms with Crippen LogP contribution in [-0.2, 0) is 4.74 Å². The lowest BCUT2D eigenvalue weighted by atomic mass is 10.0. The third-order valence-electron chi connectivity index (χ3n) is 5.19. The molecule has 1 unspecified atom stereocenters. The van der Waals surface area contributed by atoms with Gasteiger partial charge < -0.3 is 25.6 Å². The molecule has 0 radical (unpaired) electrons. The van der Waals surface area contributed by atoms with Crippen LogP contribution in [0, 0.1) is 0 Å². The summed E-state index contributed by atoms with van der Waals surface area (Å²) >= 11 is 0. The number of aliphatic imine (C=N–C) groups is 1. The van der Waals surface area contributed by atoms with E-state index in [-0.39, 0.29) is 30.0 Å². The predicted molar refractivity (Wildman–Crippen MR) is 138 cm³/mol. The van der Waals surface area contributed by atoms with E-state index in [2.05, 4.69) is 39.7 Å². The van der Waals surface area contributed by atoms with E-state index >= 15 is 0 Å². The maximum atomic E-state index is 12.3. The normalized spacial score (nSPS) is 16.9. The van der Waals surface area contributed by atoms with Crippen molar-refractivity contribution in [2.24, 2.45) is 4.99 Å². The van der Waals surface area contributed by atoms with E-state index in [1.165, 1.54) is 0 Å². The van der Waals surface area contributed by atoms with Gasteiger partial charge in [0.15, 0.2) is 5.96 Å². The third kappa shape index (κ3) is 10.1. The van der Waals surface area contributed by atoms with Gasteiger partial charge in [0.05, 0.1) is 6.04 Å². The summed E-state index contributed by atoms with van der Waals surface area (Å²) in [7, 11) is 1.78. The van der Waals surface area contributed by atoms with Crippen LogP contribution in [0.4, 0.5) is 4.79 Å². The number of nitrogens with one attached hydrogen (secondary N) is 3. The second-order valence-corrected chi connectivity index (χ2v) is 9.11. The lowest BCUT2D eigenvalue weighted by molar-refractivity contribution is 0.0504. The minimum absolute atomic E-state index is 0. The highest BCUT2D eigenvalue weighted by molar-refractivity contribution is 14.0. The summed E-state index contributed by atoms with van der Waals surface area (Å²) in [6.45, 7) is 12.8. The number of likely N-dealkylation sites (tertiary alicyclic amines) is 1. The van der Waals surface area contributed by atoms with Crippen molar-refractivity contribution in [2.45, 2.75) is 71.2 Å². The Hall–Kier alpha value is -1.55. The molecule has 8 heteroatoms. The minimum Gasteiger partial charge on any atom is -0.444 e. The zero-order valence-corrected chi connectivity index (χ0v) is 22.1. The summed E-state index contributed by atoms with van der Waals surface area (Å²) in [6.07, 6.45) is 1.76. The molecule has 7 nitrogen and oxygen atoms in total. The first-order valence-corrected chi connectivity index (χ1v) is 10.9. The average molecular weight is 546 g/mol. The van der Waals surface area contributed by atoms with Crippen LogP contribution in [0.3, 0.4) is 0 Å². The molecule has 0 saturated carbocycles. The molecule has 176 valence electrons. The van der Waals surface area contributed by atoms with Crippen molar-refractivity contribution in [3.63, 3.8) is 0 Å². The summed E-state index contributed by atoms with van der Waals surface area (Å²) in [4.78, 5) is 19.2. The Morgan fingerprint density at radius 2 is 1.81 bits per heavy atom. The van der Waals surface area contributed by atoms with Crippen LogP contribution in [0.25, 0.3) is 0 Å². The Balaban J connectivity index is 0.00000480. The largest absolute Gasteiger partial charge is 0.444 e. The summed E-state index contributed by atoms with van der Waals surface area (Å²) in [5.41, 5.74) is 0.470. The molecule has 1 aliphatic rings. The maximum Gasteiger partial charge on any atom is 0.408 e. The molecule has 1 heterocycles. The average Bonchev–Trinajstić information content (AvgIpc) is 2.69. The molecule has 0 bridgehead atoms. The van der Waals surface area contributed by atoms with Gasteiger partial charge in [-0.15, -0.1) is 24.0 Å². The molecule has 1 saturated heterocycles. The number of guanidine groups is 1. The number of carbonyl (C=O) groups is 1. The van der Waals surface area contributed by atoms with E-state index in [1.807, 2.05) is 51.1 Å². The van der Waals surface area contributed by atoms with Crippen molar-refractivity contribution >= 4 is 36.0 Å². The van der Waals surface area contributed by atoms with Gasteiger partial charge in [-0.25, -0.2) is 4.79 Å². The Kier molecular flexibility index (Phi) is 11.6. The van der Waals surface area contributed by atoms with Crippen LogP contribution in [-0.4, -0.2) is 61.3 Å². The molecule has 3 N–H and O–H groups in total. The summed E-state index contributed by atoms with van der Waals surface area (Å²) in [6, 6.07) is 10.7. The monoisotopic (exact) mass is 545 g/mol. The molecule has 0 aliphatic carbocycles. The minimum atomic E-state index is -0.540. The van der Waals surface area contributed by atoms with Crippen molar-refractivity contribution < 1.29 is 9.53 Å². The van der Waals surface area contributed by atoms with Gasteiger partial charge in [0.1, 0.15) is 5.60 Å². The number of alkyl carbamates (subject to hydrolysis) is 1. The first-order chi connectivity index (χ1) is 14.2. The number of halogens is 1. The highest BCUT2D eigenvalue weighted by atomic mass is 127. The molecule has 1 atom stereocenters. The van der Waals surface area contributed by atoms with Crippen LogP contribution >= 0.6 is 24.0 Å². The maximum absolute atomic E-state index is 12.3. The number of benzene rings is 1. The molecule has 1 aromatic rings. The van der Waals surface area contributed by atoms with E-state index in [0.29, 0.717) is 18.6 Å². The van der Waals surface area contributed by atoms with Crippen LogP contribution in [0.1, 0.15) is 59.1 Å². The zero-order valence-electron chi connectivity index (χ0n) is 19.8. The fourth-order valence-electron chi connectivity index (χ4n) is 3.53. The second-order valence-electron chi connectivity index (χ2n) is 9.11. The SMILES string of the molecule is CN=C(NCC(NC(=O)OC(C)(C)C)c1ccccc1)NC1CCN(C(C)C)CC1.I. The summed E-state index contributed by atoms with van der Waals surface area (Å²) in [5.74, 6) is 0.755. The van der Waals surface area contributed by atoms with E-state index in [4.69, 9.17) is 4.74 Å². The standard InChI is InChI=1S/C23H39N5O2.HI/c1-17(2)28-14-12-19(13-15-28)26-21(24-6)25-16-20(18-10-8-7-9-11-18)27-22(29)30-23(3,4)5;/h7-11,17,19-20H,12-16H2,1-6H3,(H,27,29)(H2,24,25,26);1H. The van der Waals surface area contributed by atoms with Crippen LogP contribution in [0.15, 0.2) is 35.3 Å². The van der Waals surface area contributed by atoms with Crippen molar-refractivity contribution in [1.82, 2.24) is 20.9 Å². The van der Waals surface area contributed by atoms with E-state index in [9.17, 15) is 4.79 Å². The molecule has 0 aromatic heterocycles. The fourth-order valence-corrected chi connectivity index (χ4v) is 3.53. The Morgan fingerprint density at radius 1 is 1.19 bits per heavy atom. The van der Waals surface area contributed by atoms with Gasteiger partial charge in [-0.2, -0.15) is 0 Å². The number of nitrogens with zero attached hydrogens (tertiary/aromatic N) is 2. The second kappa shape index (κ2) is 13.1. The highest BCUT2D eigenvalue weighted by Gasteiger charge is 2.23. The number of ether oxygens (including phenoxy) is 1. The Bertz CT molecular complexity index is 683. The van der Waals surface area contributed by atoms with Crippen molar-refractivity contribution in [1.29, 1.82) is 0 Å². The van der Waals surface area contributed by atoms with Gasteiger partial charge in [0.25, 0.3) is 0 Å². The van der Waals surface area contributed by atoms with Gasteiger partial charge in [-0.3, -0.25) is 4.99 Å². The molecule has 1 fully saturated rings. The van der Waals surface area contributed by atoms with E-state index < -0.39 is 11.7 Å². The molecule has 31 heavy (non-hydrogen) atoms. The van der Waals surface area contributed by atoms with Crippen LogP contribution < -0.4 is 16.0 Å². The first kappa shape index (κ1) is 27.5. The van der Waals surface area contributed by atoms with E-state index in [0.717, 1.165) is 37.5 Å². The quantitative estimate of drug-likeness (QED) is 0.287.